The van der Waals surface area contributed by atoms with Crippen LogP contribution in [0.15, 0.2) is 47.6 Å². The lowest BCUT2D eigenvalue weighted by Gasteiger charge is -2.43. The molecule has 0 aliphatic carbocycles. The van der Waals surface area contributed by atoms with Gasteiger partial charge in [-0.25, -0.2) is 8.78 Å². The summed E-state index contributed by atoms with van der Waals surface area (Å²) in [7, 11) is 1.51. The number of aliphatic hydroxyl groups excluding tert-OH is 1. The highest BCUT2D eigenvalue weighted by atomic mass is 35.5. The number of hydrogen-bond donors (Lipinski definition) is 1. The highest BCUT2D eigenvalue weighted by Gasteiger charge is 2.54. The zero-order valence-corrected chi connectivity index (χ0v) is 21.0. The summed E-state index contributed by atoms with van der Waals surface area (Å²) in [6.07, 6.45) is 0.264. The Morgan fingerprint density at radius 3 is 2.64 bits per heavy atom. The Bertz CT molecular complexity index is 1310. The third-order valence-corrected chi connectivity index (χ3v) is 8.00. The molecule has 0 spiro atoms. The van der Waals surface area contributed by atoms with Crippen LogP contribution in [0.25, 0.3) is 11.1 Å². The summed E-state index contributed by atoms with van der Waals surface area (Å²) >= 11 is 13.0. The van der Waals surface area contributed by atoms with Crippen molar-refractivity contribution < 1.29 is 28.1 Å². The number of benzene rings is 2. The second kappa shape index (κ2) is 10.3. The Morgan fingerprint density at radius 1 is 1.19 bits per heavy atom. The number of rotatable bonds is 5. The molecule has 7 nitrogen and oxygen atoms in total. The molecular weight excluding hydrogens is 535 g/mol. The number of methoxy groups -OCH3 is 1. The van der Waals surface area contributed by atoms with E-state index >= 15 is 0 Å². The van der Waals surface area contributed by atoms with Gasteiger partial charge in [0.2, 0.25) is 0 Å². The molecule has 0 amide bonds. The third-order valence-electron chi connectivity index (χ3n) is 6.20. The van der Waals surface area contributed by atoms with Crippen LogP contribution in [-0.2, 0) is 14.2 Å². The molecule has 2 saturated heterocycles. The summed E-state index contributed by atoms with van der Waals surface area (Å²) in [6, 6.07) is 8.74. The van der Waals surface area contributed by atoms with Gasteiger partial charge in [0.15, 0.2) is 0 Å². The first-order chi connectivity index (χ1) is 17.3. The van der Waals surface area contributed by atoms with E-state index in [0.29, 0.717) is 21.0 Å². The molecule has 3 aromatic rings. The van der Waals surface area contributed by atoms with Gasteiger partial charge >= 0.3 is 0 Å². The maximum absolute atomic E-state index is 14.1. The number of thioether (sulfide) groups is 1. The summed E-state index contributed by atoms with van der Waals surface area (Å²) in [5.74, 6) is -1.76. The van der Waals surface area contributed by atoms with Crippen LogP contribution < -0.4 is 0 Å². The van der Waals surface area contributed by atoms with Crippen molar-refractivity contribution in [2.75, 3.05) is 13.7 Å². The molecule has 4 unspecified atom stereocenters. The molecule has 2 aliphatic heterocycles. The Kier molecular flexibility index (Phi) is 7.25. The predicted molar refractivity (Wildman–Crippen MR) is 129 cm³/mol. The van der Waals surface area contributed by atoms with Gasteiger partial charge < -0.3 is 19.3 Å². The Hall–Kier alpha value is -2.23. The molecule has 0 bridgehead atoms. The maximum atomic E-state index is 14.1. The lowest BCUT2D eigenvalue weighted by atomic mass is 9.96. The van der Waals surface area contributed by atoms with Crippen LogP contribution in [0.1, 0.15) is 11.6 Å². The normalized spacial score (nSPS) is 27.6. The molecule has 188 valence electrons. The fourth-order valence-electron chi connectivity index (χ4n) is 4.49. The topological polar surface area (TPSA) is 89.5 Å². The first-order valence-corrected chi connectivity index (χ1v) is 12.5. The van der Waals surface area contributed by atoms with E-state index in [1.165, 1.54) is 25.1 Å². The molecule has 1 N–H and O–H groups in total. The van der Waals surface area contributed by atoms with E-state index in [0.717, 1.165) is 12.1 Å². The number of aliphatic hydroxyl groups is 1. The molecule has 6 atom stereocenters. The first kappa shape index (κ1) is 25.4. The molecule has 2 aromatic carbocycles. The smallest absolute Gasteiger partial charge is 0.145 e. The summed E-state index contributed by atoms with van der Waals surface area (Å²) < 4.78 is 47.6. The van der Waals surface area contributed by atoms with E-state index in [4.69, 9.17) is 37.4 Å². The zero-order valence-electron chi connectivity index (χ0n) is 18.6. The average molecular weight is 554 g/mol. The van der Waals surface area contributed by atoms with Gasteiger partial charge in [-0.05, 0) is 35.9 Å². The van der Waals surface area contributed by atoms with Gasteiger partial charge in [0.1, 0.15) is 58.6 Å². The Labute approximate surface area is 219 Å². The summed E-state index contributed by atoms with van der Waals surface area (Å²) in [4.78, 5) is 0.593. The van der Waals surface area contributed by atoms with Gasteiger partial charge in [-0.3, -0.25) is 4.68 Å². The van der Waals surface area contributed by atoms with Crippen molar-refractivity contribution in [2.24, 2.45) is 0 Å². The third kappa shape index (κ3) is 4.61. The van der Waals surface area contributed by atoms with Crippen LogP contribution in [0.4, 0.5) is 8.78 Å². The van der Waals surface area contributed by atoms with Crippen LogP contribution in [0.2, 0.25) is 10.0 Å². The van der Waals surface area contributed by atoms with E-state index in [2.05, 4.69) is 11.2 Å². The Balaban J connectivity index is 1.52. The molecule has 0 saturated carbocycles. The van der Waals surface area contributed by atoms with Crippen molar-refractivity contribution in [3.05, 3.63) is 70.0 Å². The fraction of sp³-hybridized carbons (Fsp3) is 0.333. The SMILES string of the molecule is COC1C(n2cc(-c3cc(F)c(Cl)c(F)c3)cn2)[C@H]2OCC(O)C2O[C@@H]1Sc1cc(Cl)ccc1C#N. The number of aromatic nitrogens is 2. The second-order valence-electron chi connectivity index (χ2n) is 8.36. The molecule has 3 heterocycles. The van der Waals surface area contributed by atoms with Crippen molar-refractivity contribution >= 4 is 35.0 Å². The monoisotopic (exact) mass is 553 g/mol. The first-order valence-electron chi connectivity index (χ1n) is 10.8. The maximum Gasteiger partial charge on any atom is 0.145 e. The van der Waals surface area contributed by atoms with Gasteiger partial charge in [0.05, 0.1) is 18.4 Å². The van der Waals surface area contributed by atoms with E-state index in [1.54, 1.807) is 29.1 Å². The summed E-state index contributed by atoms with van der Waals surface area (Å²) in [5, 5.41) is 24.4. The van der Waals surface area contributed by atoms with E-state index < -0.39 is 52.6 Å². The second-order valence-corrected chi connectivity index (χ2v) is 10.3. The number of nitriles is 1. The van der Waals surface area contributed by atoms with E-state index in [-0.39, 0.29) is 12.2 Å². The number of hydrogen-bond acceptors (Lipinski definition) is 7. The van der Waals surface area contributed by atoms with Crippen LogP contribution in [0.5, 0.6) is 0 Å². The predicted octanol–water partition coefficient (Wildman–Crippen LogP) is 4.84. The van der Waals surface area contributed by atoms with Gasteiger partial charge in [0, 0.05) is 28.8 Å². The van der Waals surface area contributed by atoms with Crippen molar-refractivity contribution in [3.8, 4) is 17.2 Å². The molecule has 2 aliphatic rings. The van der Waals surface area contributed by atoms with E-state index in [1.807, 2.05) is 0 Å². The van der Waals surface area contributed by atoms with Gasteiger partial charge in [-0.1, -0.05) is 35.0 Å². The number of fused-ring (bicyclic) bond motifs is 1. The minimum absolute atomic E-state index is 0.0575. The zero-order chi connectivity index (χ0) is 25.6. The van der Waals surface area contributed by atoms with Crippen molar-refractivity contribution in [2.45, 2.75) is 40.8 Å². The number of ether oxygens (including phenoxy) is 3. The van der Waals surface area contributed by atoms with Crippen molar-refractivity contribution in [1.29, 1.82) is 5.26 Å². The van der Waals surface area contributed by atoms with Gasteiger partial charge in [0.25, 0.3) is 0 Å². The molecule has 12 heteroatoms. The van der Waals surface area contributed by atoms with Gasteiger partial charge in [-0.15, -0.1) is 0 Å². The number of halogens is 4. The molecule has 1 aromatic heterocycles. The molecule has 2 fully saturated rings. The molecule has 0 radical (unpaired) electrons. The highest BCUT2D eigenvalue weighted by Crippen LogP contribution is 2.44. The minimum Gasteiger partial charge on any atom is -0.388 e. The Morgan fingerprint density at radius 2 is 1.94 bits per heavy atom. The molecule has 5 rings (SSSR count). The molecular formula is C24H19Cl2F2N3O4S. The van der Waals surface area contributed by atoms with Crippen LogP contribution in [0.3, 0.4) is 0 Å². The summed E-state index contributed by atoms with van der Waals surface area (Å²) in [5.41, 5.74) is 0.458. The summed E-state index contributed by atoms with van der Waals surface area (Å²) in [6.45, 7) is 0.0575. The quantitative estimate of drug-likeness (QED) is 0.452. The van der Waals surface area contributed by atoms with Crippen molar-refractivity contribution in [1.82, 2.24) is 9.78 Å². The molecule has 36 heavy (non-hydrogen) atoms. The standard InChI is InChI=1S/C24H19Cl2F2N3O4S/c1-33-23-20(31-9-13(8-30-31)12-4-15(27)19(26)16(28)5-12)22-21(17(32)10-34-22)35-24(23)36-18-6-14(25)3-2-11(18)7-29/h2-6,8-9,17,20-24,32H,10H2,1H3/t17?,20?,21?,22-,23?,24-/m1/s1. The van der Waals surface area contributed by atoms with Crippen LogP contribution in [0, 0.1) is 23.0 Å². The van der Waals surface area contributed by atoms with E-state index in [9.17, 15) is 19.1 Å². The lowest BCUT2D eigenvalue weighted by molar-refractivity contribution is -0.170. The lowest BCUT2D eigenvalue weighted by Crippen LogP contribution is -2.55. The number of nitrogens with zero attached hydrogens (tertiary/aromatic N) is 3. The van der Waals surface area contributed by atoms with Crippen LogP contribution in [-0.4, -0.2) is 58.5 Å². The largest absolute Gasteiger partial charge is 0.388 e. The minimum atomic E-state index is -0.886. The highest BCUT2D eigenvalue weighted by molar-refractivity contribution is 7.99. The van der Waals surface area contributed by atoms with Gasteiger partial charge in [-0.2, -0.15) is 10.4 Å². The average Bonchev–Trinajstić information content (AvgIpc) is 3.49. The fourth-order valence-corrected chi connectivity index (χ4v) is 6.11. The van der Waals surface area contributed by atoms with Crippen molar-refractivity contribution in [3.63, 3.8) is 0 Å². The van der Waals surface area contributed by atoms with Crippen LogP contribution >= 0.6 is 35.0 Å².